The van der Waals surface area contributed by atoms with Crippen LogP contribution in [-0.2, 0) is 4.57 Å². The second-order valence-corrected chi connectivity index (χ2v) is 0. The van der Waals surface area contributed by atoms with Gasteiger partial charge in [0.25, 0.3) is 0 Å². The SMILES string of the molecule is O=P.P.[AlH3]. The second kappa shape index (κ2) is 33.8. The van der Waals surface area contributed by atoms with E-state index in [1.54, 1.807) is 9.12 Å². The highest BCUT2D eigenvalue weighted by Gasteiger charge is 0.667. The smallest absolute Gasteiger partial charge is 0.187 e. The van der Waals surface area contributed by atoms with Gasteiger partial charge < -0.3 is 0 Å². The lowest BCUT2D eigenvalue weighted by molar-refractivity contribution is 0.607. The van der Waals surface area contributed by atoms with E-state index >= 15 is 0 Å². The van der Waals surface area contributed by atoms with E-state index in [4.69, 9.17) is 4.57 Å². The standard InChI is InChI=1S/Al.HOP.H3P.3H/c;1-2;;;;/h;2H;1H3;;;. The van der Waals surface area contributed by atoms with Crippen LogP contribution >= 0.6 is 19.0 Å². The molecule has 0 bridgehead atoms. The molecule has 1 atom stereocenters. The molecule has 4 heteroatoms. The summed E-state index contributed by atoms with van der Waals surface area (Å²) in [6, 6.07) is 0. The van der Waals surface area contributed by atoms with Crippen molar-refractivity contribution < 1.29 is 4.57 Å². The summed E-state index contributed by atoms with van der Waals surface area (Å²) in [5, 5.41) is 0. The first-order valence-corrected chi connectivity index (χ1v) is 0.612. The third-order valence-corrected chi connectivity index (χ3v) is 0. The summed E-state index contributed by atoms with van der Waals surface area (Å²) in [5.74, 6) is 0. The Hall–Kier alpha value is 1.06. The van der Waals surface area contributed by atoms with Gasteiger partial charge in [-0.3, -0.25) is 4.57 Å². The van der Waals surface area contributed by atoms with Crippen LogP contribution in [0.4, 0.5) is 0 Å². The van der Waals surface area contributed by atoms with Crippen LogP contribution in [0.15, 0.2) is 0 Å². The highest BCUT2D eigenvalue weighted by atomic mass is 31.0. The van der Waals surface area contributed by atoms with Crippen molar-refractivity contribution in [3.8, 4) is 0 Å². The van der Waals surface area contributed by atoms with Crippen molar-refractivity contribution >= 4 is 36.4 Å². The molecule has 1 nitrogen and oxygen atoms in total. The van der Waals surface area contributed by atoms with Gasteiger partial charge in [0.15, 0.2) is 17.4 Å². The zero-order valence-corrected chi connectivity index (χ0v) is 4.03. The largest absolute Gasteiger partial charge is 0.279 e. The van der Waals surface area contributed by atoms with Gasteiger partial charge in [0.05, 0.1) is 0 Å². The maximum atomic E-state index is 8.06. The fraction of sp³-hybridized carbons (Fsp3) is 0. The quantitative estimate of drug-likeness (QED) is 0.300. The van der Waals surface area contributed by atoms with Gasteiger partial charge in [0.1, 0.15) is 9.12 Å². The molecule has 0 aromatic carbocycles. The summed E-state index contributed by atoms with van der Waals surface area (Å²) >= 11 is 0. The molecule has 0 N–H and O–H groups in total. The maximum Gasteiger partial charge on any atom is 0.187 e. The van der Waals surface area contributed by atoms with Crippen LogP contribution in [-0.4, -0.2) is 17.4 Å². The van der Waals surface area contributed by atoms with Crippen LogP contribution < -0.4 is 0 Å². The molecule has 0 saturated heterocycles. The van der Waals surface area contributed by atoms with Crippen molar-refractivity contribution in [3.63, 3.8) is 0 Å². The van der Waals surface area contributed by atoms with Crippen molar-refractivity contribution in [1.29, 1.82) is 0 Å². The predicted molar refractivity (Wildman–Crippen MR) is 30.0 cm³/mol. The Morgan fingerprint density at radius 1 is 1.25 bits per heavy atom. The first-order valence-electron chi connectivity index (χ1n) is 0.204. The molecule has 1 unspecified atom stereocenters. The molecule has 0 spiro atoms. The van der Waals surface area contributed by atoms with Crippen LogP contribution in [0.3, 0.4) is 0 Å². The average Bonchev–Trinajstić information content (AvgIpc) is 1.00. The molecule has 26 valence electrons. The average molecular weight is 112 g/mol. The van der Waals surface area contributed by atoms with E-state index in [1.807, 2.05) is 0 Å². The zero-order chi connectivity index (χ0) is 2.00. The molecule has 0 amide bonds. The molecule has 0 heterocycles. The van der Waals surface area contributed by atoms with E-state index in [1.165, 1.54) is 0 Å². The summed E-state index contributed by atoms with van der Waals surface area (Å²) in [4.78, 5) is 0. The van der Waals surface area contributed by atoms with E-state index in [9.17, 15) is 0 Å². The van der Waals surface area contributed by atoms with Gasteiger partial charge in [0.2, 0.25) is 0 Å². The van der Waals surface area contributed by atoms with Gasteiger partial charge in [-0.2, -0.15) is 9.90 Å². The second-order valence-electron chi connectivity index (χ2n) is 0. The van der Waals surface area contributed by atoms with Gasteiger partial charge >= 0.3 is 0 Å². The molecule has 0 aliphatic heterocycles. The number of hydrogen-bond donors (Lipinski definition) is 0. The minimum Gasteiger partial charge on any atom is -0.279 e. The summed E-state index contributed by atoms with van der Waals surface area (Å²) < 4.78 is 8.06. The number of rotatable bonds is 0. The summed E-state index contributed by atoms with van der Waals surface area (Å²) in [6.07, 6.45) is 0. The molecule has 0 aliphatic rings. The Morgan fingerprint density at radius 2 is 1.25 bits per heavy atom. The topological polar surface area (TPSA) is 17.1 Å². The van der Waals surface area contributed by atoms with Crippen LogP contribution in [0.2, 0.25) is 0 Å². The van der Waals surface area contributed by atoms with E-state index in [0.29, 0.717) is 0 Å². The van der Waals surface area contributed by atoms with Gasteiger partial charge in [-0.05, 0) is 0 Å². The molecule has 0 rings (SSSR count). The van der Waals surface area contributed by atoms with E-state index in [0.717, 1.165) is 0 Å². The van der Waals surface area contributed by atoms with Crippen molar-refractivity contribution in [2.75, 3.05) is 0 Å². The van der Waals surface area contributed by atoms with Crippen molar-refractivity contribution in [1.82, 2.24) is 0 Å². The lowest BCUT2D eigenvalue weighted by atomic mass is 16.0. The lowest BCUT2D eigenvalue weighted by Crippen LogP contribution is -0.489. The lowest BCUT2D eigenvalue weighted by Gasteiger charge is -0.807. The van der Waals surface area contributed by atoms with Gasteiger partial charge in [0, 0.05) is 0 Å². The minimum atomic E-state index is 0. The molecule has 0 aromatic heterocycles. The summed E-state index contributed by atoms with van der Waals surface area (Å²) in [7, 11) is 1.72. The molecular formula is H7AlOP2. The Kier molecular flexibility index (Phi) is 166. The first-order chi connectivity index (χ1) is 1.00. The highest BCUT2D eigenvalue weighted by molar-refractivity contribution is 7.00. The minimum absolute atomic E-state index is 0. The number of hydrogen-bond acceptors (Lipinski definition) is 1. The van der Waals surface area contributed by atoms with Crippen molar-refractivity contribution in [2.24, 2.45) is 0 Å². The van der Waals surface area contributed by atoms with E-state index in [-0.39, 0.29) is 27.3 Å². The Morgan fingerprint density at radius 3 is 1.25 bits per heavy atom. The monoisotopic (exact) mass is 112 g/mol. The molecule has 0 aromatic rings. The summed E-state index contributed by atoms with van der Waals surface area (Å²) in [6.45, 7) is 0. The van der Waals surface area contributed by atoms with Crippen molar-refractivity contribution in [2.45, 2.75) is 0 Å². The molecule has 0 aliphatic carbocycles. The summed E-state index contributed by atoms with van der Waals surface area (Å²) in [5.41, 5.74) is 0. The van der Waals surface area contributed by atoms with Crippen LogP contribution in [0.5, 0.6) is 0 Å². The van der Waals surface area contributed by atoms with Crippen LogP contribution in [0.1, 0.15) is 0 Å². The maximum absolute atomic E-state index is 8.06. The molecule has 0 radical (unpaired) electrons. The highest BCUT2D eigenvalue weighted by Crippen LogP contribution is 1.23. The third kappa shape index (κ3) is 11.5. The van der Waals surface area contributed by atoms with Crippen LogP contribution in [0.25, 0.3) is 0 Å². The van der Waals surface area contributed by atoms with Crippen molar-refractivity contribution in [3.05, 3.63) is 0 Å². The third-order valence-electron chi connectivity index (χ3n) is 0. The fourth-order valence-electron chi connectivity index (χ4n) is 0. The van der Waals surface area contributed by atoms with Crippen LogP contribution in [0, 0.1) is 0 Å². The van der Waals surface area contributed by atoms with Gasteiger partial charge in [-0.1, -0.05) is 0 Å². The van der Waals surface area contributed by atoms with E-state index in [2.05, 4.69) is 0 Å². The molecule has 4 heavy (non-hydrogen) atoms. The predicted octanol–water partition coefficient (Wildman–Crippen LogP) is -0.651. The van der Waals surface area contributed by atoms with E-state index < -0.39 is 0 Å². The Bertz CT molecular complexity index is 6.00. The Labute approximate surface area is 41.5 Å². The molecule has 0 fully saturated rings. The molecular weight excluding hydrogens is 105 g/mol. The fourth-order valence-corrected chi connectivity index (χ4v) is 0. The normalized spacial score (nSPS) is 1.00. The zero-order valence-electron chi connectivity index (χ0n) is 1.62. The van der Waals surface area contributed by atoms with Gasteiger partial charge in [-0.15, -0.1) is 0 Å². The van der Waals surface area contributed by atoms with Gasteiger partial charge in [-0.25, -0.2) is 0 Å². The molecule has 0 saturated carbocycles. The Balaban J connectivity index is -0.00000000500. The first kappa shape index (κ1) is 19.6.